The predicted octanol–water partition coefficient (Wildman–Crippen LogP) is 3.50. The second-order valence-electron chi connectivity index (χ2n) is 7.33. The largest absolute Gasteiger partial charge is 0.444 e. The number of amides is 1. The molecule has 9 nitrogen and oxygen atoms in total. The Morgan fingerprint density at radius 2 is 1.89 bits per heavy atom. The zero-order valence-electron chi connectivity index (χ0n) is 15.6. The Hall–Kier alpha value is -2.56. The van der Waals surface area contributed by atoms with Crippen molar-refractivity contribution < 1.29 is 18.8 Å². The molecule has 28 heavy (non-hydrogen) atoms. The number of anilines is 1. The highest BCUT2D eigenvalue weighted by molar-refractivity contribution is 9.10. The molecule has 0 aromatic carbocycles. The maximum atomic E-state index is 14.4. The first-order valence-electron chi connectivity index (χ1n) is 8.58. The first kappa shape index (κ1) is 20.2. The molecule has 2 aromatic heterocycles. The van der Waals surface area contributed by atoms with Crippen LogP contribution in [0.4, 0.5) is 20.6 Å². The van der Waals surface area contributed by atoms with E-state index >= 15 is 0 Å². The molecule has 150 valence electrons. The van der Waals surface area contributed by atoms with E-state index < -0.39 is 22.4 Å². The van der Waals surface area contributed by atoms with Crippen molar-refractivity contribution in [3.8, 4) is 0 Å². The summed E-state index contributed by atoms with van der Waals surface area (Å²) in [5.41, 5.74) is -0.596. The number of ether oxygens (including phenoxy) is 1. The smallest absolute Gasteiger partial charge is 0.410 e. The van der Waals surface area contributed by atoms with Gasteiger partial charge in [0.05, 0.1) is 10.3 Å². The Morgan fingerprint density at radius 3 is 2.46 bits per heavy atom. The highest BCUT2D eigenvalue weighted by Crippen LogP contribution is 2.37. The fourth-order valence-electron chi connectivity index (χ4n) is 2.98. The van der Waals surface area contributed by atoms with Gasteiger partial charge in [-0.1, -0.05) is 0 Å². The summed E-state index contributed by atoms with van der Waals surface area (Å²) in [6.07, 6.45) is 1.98. The van der Waals surface area contributed by atoms with E-state index in [1.807, 2.05) is 0 Å². The van der Waals surface area contributed by atoms with Crippen LogP contribution in [-0.4, -0.2) is 57.7 Å². The van der Waals surface area contributed by atoms with Gasteiger partial charge in [0.2, 0.25) is 0 Å². The topological polar surface area (TPSA) is 102 Å². The number of nitro groups is 1. The molecule has 1 aliphatic rings. The molecule has 0 unspecified atom stereocenters. The maximum absolute atomic E-state index is 14.4. The molecule has 1 fully saturated rings. The van der Waals surface area contributed by atoms with E-state index in [2.05, 4.69) is 25.9 Å². The Morgan fingerprint density at radius 1 is 1.25 bits per heavy atom. The van der Waals surface area contributed by atoms with Crippen LogP contribution >= 0.6 is 15.9 Å². The van der Waals surface area contributed by atoms with Crippen LogP contribution in [-0.2, 0) is 4.74 Å². The molecule has 0 atom stereocenters. The second-order valence-corrected chi connectivity index (χ2v) is 8.08. The van der Waals surface area contributed by atoms with Crippen LogP contribution in [0.15, 0.2) is 17.0 Å². The third kappa shape index (κ3) is 3.98. The van der Waals surface area contributed by atoms with Crippen LogP contribution in [0.1, 0.15) is 20.8 Å². The Kier molecular flexibility index (Phi) is 5.37. The first-order chi connectivity index (χ1) is 13.1. The number of fused-ring (bicyclic) bond motifs is 1. The van der Waals surface area contributed by atoms with Crippen molar-refractivity contribution in [3.63, 3.8) is 0 Å². The molecule has 0 spiro atoms. The van der Waals surface area contributed by atoms with Crippen molar-refractivity contribution in [3.05, 3.63) is 32.9 Å². The van der Waals surface area contributed by atoms with Crippen molar-refractivity contribution in [2.24, 2.45) is 0 Å². The highest BCUT2D eigenvalue weighted by atomic mass is 79.9. The summed E-state index contributed by atoms with van der Waals surface area (Å²) in [5, 5.41) is 11.8. The van der Waals surface area contributed by atoms with E-state index in [0.29, 0.717) is 26.2 Å². The molecule has 1 saturated heterocycles. The van der Waals surface area contributed by atoms with Crippen molar-refractivity contribution >= 4 is 44.3 Å². The summed E-state index contributed by atoms with van der Waals surface area (Å²) in [6.45, 7) is 6.66. The van der Waals surface area contributed by atoms with E-state index in [0.717, 1.165) is 6.20 Å². The van der Waals surface area contributed by atoms with Crippen LogP contribution in [0.25, 0.3) is 10.9 Å². The van der Waals surface area contributed by atoms with Gasteiger partial charge in [-0.05, 0) is 36.7 Å². The van der Waals surface area contributed by atoms with Gasteiger partial charge in [0, 0.05) is 32.4 Å². The van der Waals surface area contributed by atoms with Crippen molar-refractivity contribution in [2.75, 3.05) is 31.1 Å². The van der Waals surface area contributed by atoms with E-state index in [1.165, 1.54) is 6.20 Å². The molecule has 0 aliphatic carbocycles. The Balaban J connectivity index is 1.92. The average Bonchev–Trinajstić information content (AvgIpc) is 2.62. The van der Waals surface area contributed by atoms with Crippen LogP contribution in [0.3, 0.4) is 0 Å². The number of rotatable bonds is 2. The van der Waals surface area contributed by atoms with Gasteiger partial charge in [-0.25, -0.2) is 19.2 Å². The van der Waals surface area contributed by atoms with E-state index in [-0.39, 0.29) is 26.9 Å². The van der Waals surface area contributed by atoms with E-state index in [1.54, 1.807) is 30.6 Å². The Labute approximate surface area is 168 Å². The molecular formula is C17H19BrFN5O4. The standard InChI is InChI=1S/C17H19BrFN5O4/c1-17(2,3)28-16(25)23-6-4-22(5-7-23)14-10-8-21-15(18)12(19)13(10)20-9-11(14)24(26)27/h8-9H,4-7H2,1-3H3. The third-order valence-corrected chi connectivity index (χ3v) is 4.76. The number of hydrogen-bond acceptors (Lipinski definition) is 7. The van der Waals surface area contributed by atoms with E-state index in [9.17, 15) is 19.3 Å². The lowest BCUT2D eigenvalue weighted by Crippen LogP contribution is -2.50. The zero-order valence-corrected chi connectivity index (χ0v) is 17.2. The molecular weight excluding hydrogens is 437 g/mol. The van der Waals surface area contributed by atoms with Gasteiger partial charge in [-0.2, -0.15) is 0 Å². The number of nitrogens with zero attached hydrogens (tertiary/aromatic N) is 5. The van der Waals surface area contributed by atoms with Gasteiger partial charge in [0.15, 0.2) is 5.82 Å². The summed E-state index contributed by atoms with van der Waals surface area (Å²) < 4.78 is 19.7. The fourth-order valence-corrected chi connectivity index (χ4v) is 3.27. The van der Waals surface area contributed by atoms with Gasteiger partial charge >= 0.3 is 11.8 Å². The number of pyridine rings is 2. The number of carbonyl (C=O) groups excluding carboxylic acids is 1. The summed E-state index contributed by atoms with van der Waals surface area (Å²) in [7, 11) is 0. The lowest BCUT2D eigenvalue weighted by molar-refractivity contribution is -0.384. The van der Waals surface area contributed by atoms with Crippen molar-refractivity contribution in [1.82, 2.24) is 14.9 Å². The summed E-state index contributed by atoms with van der Waals surface area (Å²) >= 11 is 3.00. The molecule has 11 heteroatoms. The van der Waals surface area contributed by atoms with E-state index in [4.69, 9.17) is 4.74 Å². The number of hydrogen-bond donors (Lipinski definition) is 0. The minimum absolute atomic E-state index is 0.00273. The van der Waals surface area contributed by atoms with Gasteiger partial charge in [-0.15, -0.1) is 0 Å². The maximum Gasteiger partial charge on any atom is 0.410 e. The van der Waals surface area contributed by atoms with Crippen LogP contribution in [0.2, 0.25) is 0 Å². The van der Waals surface area contributed by atoms with Gasteiger partial charge in [-0.3, -0.25) is 10.1 Å². The first-order valence-corrected chi connectivity index (χ1v) is 9.38. The zero-order chi connectivity index (χ0) is 20.6. The number of halogens is 2. The third-order valence-electron chi connectivity index (χ3n) is 4.21. The highest BCUT2D eigenvalue weighted by Gasteiger charge is 2.31. The SMILES string of the molecule is CC(C)(C)OC(=O)N1CCN(c2c([N+](=O)[O-])cnc3c(F)c(Br)ncc23)CC1. The van der Waals surface area contributed by atoms with Gasteiger partial charge in [0.25, 0.3) is 0 Å². The predicted molar refractivity (Wildman–Crippen MR) is 104 cm³/mol. The monoisotopic (exact) mass is 455 g/mol. The number of aromatic nitrogens is 2. The average molecular weight is 456 g/mol. The van der Waals surface area contributed by atoms with Crippen molar-refractivity contribution in [1.29, 1.82) is 0 Å². The summed E-state index contributed by atoms with van der Waals surface area (Å²) in [4.78, 5) is 34.3. The summed E-state index contributed by atoms with van der Waals surface area (Å²) in [6, 6.07) is 0. The number of piperazine rings is 1. The molecule has 3 heterocycles. The second kappa shape index (κ2) is 7.46. The molecule has 0 bridgehead atoms. The van der Waals surface area contributed by atoms with Gasteiger partial charge < -0.3 is 14.5 Å². The van der Waals surface area contributed by atoms with Crippen LogP contribution in [0, 0.1) is 15.9 Å². The minimum Gasteiger partial charge on any atom is -0.444 e. The van der Waals surface area contributed by atoms with Crippen molar-refractivity contribution in [2.45, 2.75) is 26.4 Å². The molecule has 1 aliphatic heterocycles. The molecule has 0 saturated carbocycles. The molecule has 2 aromatic rings. The molecule has 0 N–H and O–H groups in total. The molecule has 1 amide bonds. The normalized spacial score (nSPS) is 15.0. The molecule has 3 rings (SSSR count). The lowest BCUT2D eigenvalue weighted by Gasteiger charge is -2.36. The number of carbonyl (C=O) groups is 1. The quantitative estimate of drug-likeness (QED) is 0.387. The minimum atomic E-state index is -0.680. The van der Waals surface area contributed by atoms with Crippen LogP contribution in [0.5, 0.6) is 0 Å². The molecule has 0 radical (unpaired) electrons. The Bertz CT molecular complexity index is 941. The summed E-state index contributed by atoms with van der Waals surface area (Å²) in [5.74, 6) is -0.680. The van der Waals surface area contributed by atoms with Gasteiger partial charge in [0.1, 0.15) is 27.6 Å². The fraction of sp³-hybridized carbons (Fsp3) is 0.471. The lowest BCUT2D eigenvalue weighted by atomic mass is 10.1. The van der Waals surface area contributed by atoms with Crippen LogP contribution < -0.4 is 4.90 Å².